The van der Waals surface area contributed by atoms with Crippen LogP contribution in [0.3, 0.4) is 0 Å². The van der Waals surface area contributed by atoms with Crippen molar-refractivity contribution in [3.05, 3.63) is 52.0 Å². The van der Waals surface area contributed by atoms with Crippen LogP contribution in [0, 0.1) is 6.92 Å². The number of anilines is 1. The van der Waals surface area contributed by atoms with Gasteiger partial charge in [0.25, 0.3) is 0 Å². The maximum absolute atomic E-state index is 12.8. The Labute approximate surface area is 151 Å². The van der Waals surface area contributed by atoms with E-state index in [1.807, 2.05) is 57.2 Å². The average molecular weight is 392 g/mol. The largest absolute Gasteiger partial charge is 0.493 e. The number of ether oxygens (including phenoxy) is 2. The molecule has 2 aromatic rings. The molecule has 0 aliphatic carbocycles. The van der Waals surface area contributed by atoms with Crippen molar-refractivity contribution < 1.29 is 14.3 Å². The molecule has 0 aliphatic rings. The van der Waals surface area contributed by atoms with E-state index in [0.717, 1.165) is 21.3 Å². The zero-order chi connectivity index (χ0) is 17.9. The molecule has 0 aromatic heterocycles. The first kappa shape index (κ1) is 18.3. The van der Waals surface area contributed by atoms with Crippen LogP contribution in [0.2, 0.25) is 0 Å². The number of halogens is 1. The monoisotopic (exact) mass is 391 g/mol. The third kappa shape index (κ3) is 3.73. The Hall–Kier alpha value is -2.01. The van der Waals surface area contributed by atoms with E-state index in [1.54, 1.807) is 14.2 Å². The van der Waals surface area contributed by atoms with Gasteiger partial charge in [0, 0.05) is 4.47 Å². The summed E-state index contributed by atoms with van der Waals surface area (Å²) in [6.07, 6.45) is 0. The number of carbonyl (C=O) groups excluding carboxylic acids is 1. The molecule has 0 bridgehead atoms. The number of methoxy groups -OCH3 is 2. The number of benzene rings is 2. The predicted octanol–water partition coefficient (Wildman–Crippen LogP) is 4.69. The zero-order valence-corrected chi connectivity index (χ0v) is 16.2. The second-order valence-corrected chi connectivity index (χ2v) is 6.99. The zero-order valence-electron chi connectivity index (χ0n) is 14.6. The van der Waals surface area contributed by atoms with E-state index in [4.69, 9.17) is 9.47 Å². The smallest absolute Gasteiger partial charge is 0.234 e. The van der Waals surface area contributed by atoms with Crippen molar-refractivity contribution in [2.24, 2.45) is 0 Å². The van der Waals surface area contributed by atoms with Gasteiger partial charge in [0.2, 0.25) is 5.91 Å². The van der Waals surface area contributed by atoms with Crippen molar-refractivity contribution >= 4 is 27.5 Å². The van der Waals surface area contributed by atoms with Gasteiger partial charge in [-0.2, -0.15) is 0 Å². The molecule has 0 spiro atoms. The summed E-state index contributed by atoms with van der Waals surface area (Å²) < 4.78 is 11.5. The molecule has 2 aromatic carbocycles. The molecule has 0 aliphatic heterocycles. The first-order valence-corrected chi connectivity index (χ1v) is 8.39. The number of carbonyl (C=O) groups is 1. The molecule has 1 N–H and O–H groups in total. The minimum Gasteiger partial charge on any atom is -0.493 e. The molecule has 4 nitrogen and oxygen atoms in total. The van der Waals surface area contributed by atoms with Crippen molar-refractivity contribution in [1.29, 1.82) is 0 Å². The Morgan fingerprint density at radius 1 is 1.04 bits per heavy atom. The topological polar surface area (TPSA) is 47.6 Å². The molecule has 0 radical (unpaired) electrons. The normalized spacial score (nSPS) is 11.1. The number of hydrogen-bond donors (Lipinski definition) is 1. The SMILES string of the molecule is COc1ccc(C(C)(C)C(=O)Nc2ccc(C)cc2Br)cc1OC. The number of rotatable bonds is 5. The Bertz CT molecular complexity index is 756. The lowest BCUT2D eigenvalue weighted by Gasteiger charge is -2.25. The van der Waals surface area contributed by atoms with Crippen LogP contribution >= 0.6 is 15.9 Å². The molecule has 0 unspecified atom stereocenters. The molecule has 0 saturated carbocycles. The van der Waals surface area contributed by atoms with Gasteiger partial charge in [0.05, 0.1) is 25.3 Å². The van der Waals surface area contributed by atoms with Crippen LogP contribution in [0.25, 0.3) is 0 Å². The first-order chi connectivity index (χ1) is 11.3. The van der Waals surface area contributed by atoms with Crippen LogP contribution in [-0.2, 0) is 10.2 Å². The number of hydrogen-bond acceptors (Lipinski definition) is 3. The maximum Gasteiger partial charge on any atom is 0.234 e. The minimum absolute atomic E-state index is 0.0979. The van der Waals surface area contributed by atoms with Crippen LogP contribution < -0.4 is 14.8 Å². The summed E-state index contributed by atoms with van der Waals surface area (Å²) in [5.74, 6) is 1.14. The summed E-state index contributed by atoms with van der Waals surface area (Å²) >= 11 is 3.49. The summed E-state index contributed by atoms with van der Waals surface area (Å²) in [5.41, 5.74) is 1.99. The van der Waals surface area contributed by atoms with Gasteiger partial charge in [0.1, 0.15) is 0 Å². The van der Waals surface area contributed by atoms with E-state index in [2.05, 4.69) is 21.2 Å². The minimum atomic E-state index is -0.732. The summed E-state index contributed by atoms with van der Waals surface area (Å²) in [6, 6.07) is 11.4. The van der Waals surface area contributed by atoms with Crippen LogP contribution in [0.4, 0.5) is 5.69 Å². The van der Waals surface area contributed by atoms with E-state index < -0.39 is 5.41 Å². The van der Waals surface area contributed by atoms with Gasteiger partial charge < -0.3 is 14.8 Å². The highest BCUT2D eigenvalue weighted by molar-refractivity contribution is 9.10. The van der Waals surface area contributed by atoms with Gasteiger partial charge in [-0.05, 0) is 72.1 Å². The molecule has 1 amide bonds. The van der Waals surface area contributed by atoms with Gasteiger partial charge in [-0.1, -0.05) is 12.1 Å². The van der Waals surface area contributed by atoms with Crippen LogP contribution in [0.15, 0.2) is 40.9 Å². The maximum atomic E-state index is 12.8. The quantitative estimate of drug-likeness (QED) is 0.803. The van der Waals surface area contributed by atoms with Gasteiger partial charge in [-0.3, -0.25) is 4.79 Å². The van der Waals surface area contributed by atoms with Gasteiger partial charge in [-0.15, -0.1) is 0 Å². The van der Waals surface area contributed by atoms with Crippen molar-refractivity contribution in [1.82, 2.24) is 0 Å². The Morgan fingerprint density at radius 3 is 2.29 bits per heavy atom. The van der Waals surface area contributed by atoms with Crippen molar-refractivity contribution in [3.8, 4) is 11.5 Å². The molecule has 5 heteroatoms. The highest BCUT2D eigenvalue weighted by Gasteiger charge is 2.31. The summed E-state index contributed by atoms with van der Waals surface area (Å²) in [6.45, 7) is 5.77. The fourth-order valence-corrected chi connectivity index (χ4v) is 2.95. The molecular weight excluding hydrogens is 370 g/mol. The Kier molecular flexibility index (Phi) is 5.54. The molecule has 0 saturated heterocycles. The summed E-state index contributed by atoms with van der Waals surface area (Å²) in [4.78, 5) is 12.8. The van der Waals surface area contributed by atoms with Crippen LogP contribution in [0.5, 0.6) is 11.5 Å². The Morgan fingerprint density at radius 2 is 1.71 bits per heavy atom. The Balaban J connectivity index is 2.30. The lowest BCUT2D eigenvalue weighted by atomic mass is 9.83. The molecule has 0 atom stereocenters. The fraction of sp³-hybridized carbons (Fsp3) is 0.316. The van der Waals surface area contributed by atoms with Crippen LogP contribution in [0.1, 0.15) is 25.0 Å². The molecule has 0 heterocycles. The number of nitrogens with one attached hydrogen (secondary N) is 1. The van der Waals surface area contributed by atoms with Crippen molar-refractivity contribution in [2.45, 2.75) is 26.2 Å². The van der Waals surface area contributed by atoms with E-state index in [-0.39, 0.29) is 5.91 Å². The van der Waals surface area contributed by atoms with E-state index >= 15 is 0 Å². The molecule has 2 rings (SSSR count). The van der Waals surface area contributed by atoms with Gasteiger partial charge >= 0.3 is 0 Å². The van der Waals surface area contributed by atoms with Crippen molar-refractivity contribution in [2.75, 3.05) is 19.5 Å². The van der Waals surface area contributed by atoms with Crippen molar-refractivity contribution in [3.63, 3.8) is 0 Å². The third-order valence-corrected chi connectivity index (χ3v) is 4.70. The van der Waals surface area contributed by atoms with Gasteiger partial charge in [-0.25, -0.2) is 0 Å². The van der Waals surface area contributed by atoms with E-state index in [1.165, 1.54) is 0 Å². The lowest BCUT2D eigenvalue weighted by molar-refractivity contribution is -0.120. The summed E-state index contributed by atoms with van der Waals surface area (Å²) in [5, 5.41) is 2.98. The number of amides is 1. The second-order valence-electron chi connectivity index (χ2n) is 6.13. The van der Waals surface area contributed by atoms with Crippen LogP contribution in [-0.4, -0.2) is 20.1 Å². The fourth-order valence-electron chi connectivity index (χ4n) is 2.36. The van der Waals surface area contributed by atoms with Gasteiger partial charge in [0.15, 0.2) is 11.5 Å². The lowest BCUT2D eigenvalue weighted by Crippen LogP contribution is -2.34. The third-order valence-electron chi connectivity index (χ3n) is 4.05. The molecular formula is C19H22BrNO3. The number of aryl methyl sites for hydroxylation is 1. The predicted molar refractivity (Wildman–Crippen MR) is 100 cm³/mol. The average Bonchev–Trinajstić information content (AvgIpc) is 2.56. The molecule has 24 heavy (non-hydrogen) atoms. The van der Waals surface area contributed by atoms with E-state index in [9.17, 15) is 4.79 Å². The highest BCUT2D eigenvalue weighted by Crippen LogP contribution is 2.34. The first-order valence-electron chi connectivity index (χ1n) is 7.59. The highest BCUT2D eigenvalue weighted by atomic mass is 79.9. The molecule has 0 fully saturated rings. The molecule has 128 valence electrons. The summed E-state index contributed by atoms with van der Waals surface area (Å²) in [7, 11) is 3.17. The standard InChI is InChI=1S/C19H22BrNO3/c1-12-6-8-15(14(20)10-12)21-18(22)19(2,3)13-7-9-16(23-4)17(11-13)24-5/h6-11H,1-5H3,(H,21,22). The second kappa shape index (κ2) is 7.26. The van der Waals surface area contributed by atoms with E-state index in [0.29, 0.717) is 11.5 Å².